The molecule has 0 heterocycles. The van der Waals surface area contributed by atoms with E-state index in [9.17, 15) is 15.5 Å². The highest BCUT2D eigenvalue weighted by Gasteiger charge is 2.59. The lowest BCUT2D eigenvalue weighted by atomic mass is 9.46. The molecule has 3 saturated carbocycles. The topological polar surface area (TPSA) is 64.2 Å². The average Bonchev–Trinajstić information content (AvgIpc) is 3.25. The minimum atomic E-state index is -0.489. The van der Waals surface area contributed by atoms with Gasteiger partial charge in [-0.1, -0.05) is 51.5 Å². The lowest BCUT2D eigenvalue weighted by molar-refractivity contribution is -0.0757. The Kier molecular flexibility index (Phi) is 6.93. The summed E-state index contributed by atoms with van der Waals surface area (Å²) in [4.78, 5) is 0. The Morgan fingerprint density at radius 3 is 2.64 bits per heavy atom. The molecule has 3 fully saturated rings. The van der Waals surface area contributed by atoms with Crippen LogP contribution >= 0.6 is 0 Å². The standard InChI is InChI=1S/C33H47NO2/c1-5-33(36)18-17-31(3)25(20-33)10-11-26-28-13-12-27(32(28,4)16-15-29(26)31)22(2)9-14-30(35)24-8-6-7-23(19-24)21-34/h6-8,10,19,22,26-30,35-36H,5,9,11-18,20H2,1-4H3/t22-,26?,27?,28+,29+,30?,31?,32?,33+/m1/s1. The van der Waals surface area contributed by atoms with Gasteiger partial charge in [0.1, 0.15) is 0 Å². The molecule has 1 aromatic carbocycles. The van der Waals surface area contributed by atoms with Crippen molar-refractivity contribution in [1.82, 2.24) is 0 Å². The third kappa shape index (κ3) is 4.27. The second kappa shape index (κ2) is 9.59. The number of allylic oxidation sites excluding steroid dienone is 1. The maximum atomic E-state index is 11.0. The molecule has 0 spiro atoms. The van der Waals surface area contributed by atoms with Crippen molar-refractivity contribution in [3.63, 3.8) is 0 Å². The molecule has 5 unspecified atom stereocenters. The van der Waals surface area contributed by atoms with E-state index in [1.807, 2.05) is 18.2 Å². The Hall–Kier alpha value is -1.63. The van der Waals surface area contributed by atoms with Gasteiger partial charge >= 0.3 is 0 Å². The Morgan fingerprint density at radius 1 is 1.08 bits per heavy atom. The zero-order valence-corrected chi connectivity index (χ0v) is 23.0. The Labute approximate surface area is 219 Å². The van der Waals surface area contributed by atoms with E-state index in [2.05, 4.69) is 39.8 Å². The molecule has 1 aromatic rings. The average molecular weight is 490 g/mol. The predicted molar refractivity (Wildman–Crippen MR) is 145 cm³/mol. The van der Waals surface area contributed by atoms with Gasteiger partial charge in [0, 0.05) is 0 Å². The normalized spacial score (nSPS) is 41.3. The zero-order valence-electron chi connectivity index (χ0n) is 23.0. The molecule has 0 saturated heterocycles. The van der Waals surface area contributed by atoms with Crippen LogP contribution in [0.3, 0.4) is 0 Å². The first-order chi connectivity index (χ1) is 17.1. The summed E-state index contributed by atoms with van der Waals surface area (Å²) in [5, 5.41) is 31.1. The van der Waals surface area contributed by atoms with Gasteiger partial charge in [0.05, 0.1) is 23.3 Å². The minimum absolute atomic E-state index is 0.289. The van der Waals surface area contributed by atoms with Gasteiger partial charge in [-0.05, 0) is 129 Å². The summed E-state index contributed by atoms with van der Waals surface area (Å²) in [6.07, 6.45) is 14.3. The number of benzene rings is 1. The summed E-state index contributed by atoms with van der Waals surface area (Å²) in [7, 11) is 0. The number of aliphatic hydroxyl groups excluding tert-OH is 1. The number of fused-ring (bicyclic) bond motifs is 5. The first kappa shape index (κ1) is 26.0. The summed E-state index contributed by atoms with van der Waals surface area (Å²) in [5.41, 5.74) is 3.29. The van der Waals surface area contributed by atoms with Crippen LogP contribution in [0, 0.1) is 51.8 Å². The van der Waals surface area contributed by atoms with Crippen LogP contribution in [0.1, 0.15) is 116 Å². The number of nitriles is 1. The number of aliphatic hydroxyl groups is 2. The van der Waals surface area contributed by atoms with Crippen molar-refractivity contribution in [2.24, 2.45) is 40.4 Å². The van der Waals surface area contributed by atoms with E-state index in [-0.39, 0.29) is 5.41 Å². The largest absolute Gasteiger partial charge is 0.390 e. The summed E-state index contributed by atoms with van der Waals surface area (Å²) in [6, 6.07) is 9.65. The molecule has 0 bridgehead atoms. The molecule has 3 heteroatoms. The highest BCUT2D eigenvalue weighted by atomic mass is 16.3. The summed E-state index contributed by atoms with van der Waals surface area (Å²) in [5.74, 6) is 3.71. The molecule has 196 valence electrons. The van der Waals surface area contributed by atoms with Gasteiger partial charge in [0.25, 0.3) is 0 Å². The molecule has 36 heavy (non-hydrogen) atoms. The van der Waals surface area contributed by atoms with E-state index in [1.165, 1.54) is 32.1 Å². The lowest BCUT2D eigenvalue weighted by Crippen LogP contribution is -2.52. The number of nitrogens with zero attached hydrogens (tertiary/aromatic N) is 1. The molecule has 3 nitrogen and oxygen atoms in total. The fourth-order valence-corrected chi connectivity index (χ4v) is 9.59. The van der Waals surface area contributed by atoms with Crippen LogP contribution < -0.4 is 0 Å². The fraction of sp³-hybridized carbons (Fsp3) is 0.727. The van der Waals surface area contributed by atoms with E-state index < -0.39 is 11.7 Å². The van der Waals surface area contributed by atoms with Crippen molar-refractivity contribution in [1.29, 1.82) is 5.26 Å². The van der Waals surface area contributed by atoms with E-state index in [0.717, 1.165) is 67.8 Å². The van der Waals surface area contributed by atoms with Gasteiger partial charge in [0.2, 0.25) is 0 Å². The van der Waals surface area contributed by atoms with Crippen LogP contribution in [0.2, 0.25) is 0 Å². The maximum absolute atomic E-state index is 11.0. The van der Waals surface area contributed by atoms with Crippen molar-refractivity contribution in [2.75, 3.05) is 0 Å². The van der Waals surface area contributed by atoms with Crippen molar-refractivity contribution in [3.8, 4) is 6.07 Å². The number of hydrogen-bond acceptors (Lipinski definition) is 3. The third-order valence-electron chi connectivity index (χ3n) is 12.0. The molecule has 0 aromatic heterocycles. The van der Waals surface area contributed by atoms with Gasteiger partial charge in [-0.3, -0.25) is 0 Å². The Bertz CT molecular complexity index is 1040. The first-order valence-corrected chi connectivity index (χ1v) is 14.7. The molecular formula is C33H47NO2. The molecule has 9 atom stereocenters. The molecule has 0 aliphatic heterocycles. The summed E-state index contributed by atoms with van der Waals surface area (Å²) in [6.45, 7) is 9.71. The van der Waals surface area contributed by atoms with Crippen molar-refractivity contribution < 1.29 is 10.2 Å². The third-order valence-corrected chi connectivity index (χ3v) is 12.0. The smallest absolute Gasteiger partial charge is 0.0991 e. The maximum Gasteiger partial charge on any atom is 0.0991 e. The van der Waals surface area contributed by atoms with Gasteiger partial charge in [-0.15, -0.1) is 0 Å². The van der Waals surface area contributed by atoms with Crippen molar-refractivity contribution in [2.45, 2.75) is 110 Å². The fourth-order valence-electron chi connectivity index (χ4n) is 9.59. The van der Waals surface area contributed by atoms with Crippen LogP contribution in [0.5, 0.6) is 0 Å². The van der Waals surface area contributed by atoms with Crippen LogP contribution in [0.4, 0.5) is 0 Å². The molecule has 0 amide bonds. The zero-order chi connectivity index (χ0) is 25.7. The Balaban J connectivity index is 1.27. The molecular weight excluding hydrogens is 442 g/mol. The van der Waals surface area contributed by atoms with Crippen molar-refractivity contribution in [3.05, 3.63) is 47.0 Å². The summed E-state index contributed by atoms with van der Waals surface area (Å²) < 4.78 is 0. The van der Waals surface area contributed by atoms with Crippen LogP contribution in [0.15, 0.2) is 35.9 Å². The molecule has 4 aliphatic carbocycles. The monoisotopic (exact) mass is 489 g/mol. The SMILES string of the molecule is CC[C@]1(O)CCC2(C)C(=CCC3[C@@H]2CCC2(C)C([C@H](C)CCC(O)c4cccc(C#N)c4)CC[C@@H]32)C1. The second-order valence-electron chi connectivity index (χ2n) is 13.6. The minimum Gasteiger partial charge on any atom is -0.390 e. The molecule has 2 N–H and O–H groups in total. The highest BCUT2D eigenvalue weighted by molar-refractivity contribution is 5.33. The van der Waals surface area contributed by atoms with Crippen LogP contribution in [-0.4, -0.2) is 15.8 Å². The predicted octanol–water partition coefficient (Wildman–Crippen LogP) is 7.73. The molecule has 4 aliphatic rings. The van der Waals surface area contributed by atoms with E-state index >= 15 is 0 Å². The lowest BCUT2D eigenvalue weighted by Gasteiger charge is -2.59. The quantitative estimate of drug-likeness (QED) is 0.402. The van der Waals surface area contributed by atoms with E-state index in [4.69, 9.17) is 0 Å². The summed E-state index contributed by atoms with van der Waals surface area (Å²) >= 11 is 0. The van der Waals surface area contributed by atoms with Gasteiger partial charge in [-0.2, -0.15) is 5.26 Å². The van der Waals surface area contributed by atoms with Crippen LogP contribution in [0.25, 0.3) is 0 Å². The van der Waals surface area contributed by atoms with E-state index in [0.29, 0.717) is 16.9 Å². The van der Waals surface area contributed by atoms with Gasteiger partial charge in [0.15, 0.2) is 0 Å². The highest BCUT2D eigenvalue weighted by Crippen LogP contribution is 2.67. The van der Waals surface area contributed by atoms with Crippen molar-refractivity contribution >= 4 is 0 Å². The van der Waals surface area contributed by atoms with Gasteiger partial charge in [-0.25, -0.2) is 0 Å². The Morgan fingerprint density at radius 2 is 1.89 bits per heavy atom. The molecule has 5 rings (SSSR count). The van der Waals surface area contributed by atoms with E-state index in [1.54, 1.807) is 11.6 Å². The van der Waals surface area contributed by atoms with Crippen LogP contribution in [-0.2, 0) is 0 Å². The number of hydrogen-bond donors (Lipinski definition) is 2. The van der Waals surface area contributed by atoms with Gasteiger partial charge < -0.3 is 10.2 Å². The molecule has 0 radical (unpaired) electrons. The second-order valence-corrected chi connectivity index (χ2v) is 13.6. The first-order valence-electron chi connectivity index (χ1n) is 14.7. The number of rotatable bonds is 6.